The van der Waals surface area contributed by atoms with Gasteiger partial charge in [-0.05, 0) is 31.4 Å². The average Bonchev–Trinajstić information content (AvgIpc) is 2.63. The molecule has 0 saturated carbocycles. The fourth-order valence-corrected chi connectivity index (χ4v) is 3.94. The predicted octanol–water partition coefficient (Wildman–Crippen LogP) is 2.67. The molecule has 0 aliphatic carbocycles. The molecule has 1 amide bonds. The van der Waals surface area contributed by atoms with Crippen molar-refractivity contribution in [3.63, 3.8) is 0 Å². The van der Waals surface area contributed by atoms with E-state index in [1.807, 2.05) is 36.0 Å². The smallest absolute Gasteiger partial charge is 0.226 e. The molecular weight excluding hydrogens is 324 g/mol. The van der Waals surface area contributed by atoms with Gasteiger partial charge in [0.2, 0.25) is 5.91 Å². The molecule has 1 aromatic rings. The molecule has 2 atom stereocenters. The highest BCUT2D eigenvalue weighted by molar-refractivity contribution is 7.99. The second-order valence-corrected chi connectivity index (χ2v) is 7.42. The Kier molecular flexibility index (Phi) is 6.81. The molecule has 2 N–H and O–H groups in total. The van der Waals surface area contributed by atoms with Gasteiger partial charge in [-0.15, -0.1) is 0 Å². The molecule has 132 valence electrons. The van der Waals surface area contributed by atoms with Crippen molar-refractivity contribution >= 4 is 23.4 Å². The first-order valence-electron chi connectivity index (χ1n) is 8.75. The summed E-state index contributed by atoms with van der Waals surface area (Å²) in [5.41, 5.74) is 0.738. The molecule has 2 aliphatic heterocycles. The molecule has 0 spiro atoms. The van der Waals surface area contributed by atoms with Crippen LogP contribution in [0.3, 0.4) is 0 Å². The highest BCUT2D eigenvalue weighted by Crippen LogP contribution is 2.25. The standard InChI is InChI=1S/C18H26N2O3S/c21-18(11-14-13-24-10-8-19-14)20-16-6-1-2-7-17(16)23-12-15-5-3-4-9-22-15/h1-2,6-7,14-15,19H,3-5,8-13H2,(H,20,21). The summed E-state index contributed by atoms with van der Waals surface area (Å²) in [6.45, 7) is 2.33. The Bertz CT molecular complexity index is 529. The van der Waals surface area contributed by atoms with Crippen LogP contribution in [-0.4, -0.2) is 49.3 Å². The molecule has 3 rings (SSSR count). The summed E-state index contributed by atoms with van der Waals surface area (Å²) < 4.78 is 11.6. The van der Waals surface area contributed by atoms with Crippen molar-refractivity contribution in [2.75, 3.05) is 36.6 Å². The van der Waals surface area contributed by atoms with Gasteiger partial charge in [-0.1, -0.05) is 12.1 Å². The number of benzene rings is 1. The second kappa shape index (κ2) is 9.30. The minimum absolute atomic E-state index is 0.0277. The summed E-state index contributed by atoms with van der Waals surface area (Å²) in [5.74, 6) is 2.86. The van der Waals surface area contributed by atoms with Gasteiger partial charge in [-0.3, -0.25) is 4.79 Å². The van der Waals surface area contributed by atoms with Gasteiger partial charge in [-0.2, -0.15) is 11.8 Å². The van der Waals surface area contributed by atoms with Crippen LogP contribution in [0.1, 0.15) is 25.7 Å². The number of rotatable bonds is 6. The molecule has 2 saturated heterocycles. The molecular formula is C18H26N2O3S. The van der Waals surface area contributed by atoms with Gasteiger partial charge in [0.05, 0.1) is 11.8 Å². The van der Waals surface area contributed by atoms with Gasteiger partial charge in [0.15, 0.2) is 0 Å². The number of nitrogens with one attached hydrogen (secondary N) is 2. The van der Waals surface area contributed by atoms with E-state index in [-0.39, 0.29) is 18.1 Å². The Labute approximate surface area is 147 Å². The largest absolute Gasteiger partial charge is 0.489 e. The number of ether oxygens (including phenoxy) is 2. The molecule has 6 heteroatoms. The topological polar surface area (TPSA) is 59.6 Å². The molecule has 5 nitrogen and oxygen atoms in total. The minimum atomic E-state index is 0.0277. The Morgan fingerprint density at radius 3 is 3.08 bits per heavy atom. The first-order chi connectivity index (χ1) is 11.8. The Balaban J connectivity index is 1.51. The normalized spacial score (nSPS) is 24.3. The van der Waals surface area contributed by atoms with Crippen LogP contribution in [0.25, 0.3) is 0 Å². The van der Waals surface area contributed by atoms with E-state index < -0.39 is 0 Å². The van der Waals surface area contributed by atoms with E-state index in [0.29, 0.717) is 18.8 Å². The van der Waals surface area contributed by atoms with Crippen LogP contribution >= 0.6 is 11.8 Å². The first kappa shape index (κ1) is 17.6. The monoisotopic (exact) mass is 350 g/mol. The van der Waals surface area contributed by atoms with Crippen LogP contribution in [0, 0.1) is 0 Å². The van der Waals surface area contributed by atoms with Crippen LogP contribution in [-0.2, 0) is 9.53 Å². The highest BCUT2D eigenvalue weighted by atomic mass is 32.2. The van der Waals surface area contributed by atoms with Crippen molar-refractivity contribution in [3.05, 3.63) is 24.3 Å². The van der Waals surface area contributed by atoms with E-state index in [1.54, 1.807) is 0 Å². The fourth-order valence-electron chi connectivity index (χ4n) is 2.99. The zero-order valence-corrected chi connectivity index (χ0v) is 14.8. The quantitative estimate of drug-likeness (QED) is 0.826. The van der Waals surface area contributed by atoms with Crippen molar-refractivity contribution in [2.45, 2.75) is 37.8 Å². The molecule has 2 unspecified atom stereocenters. The van der Waals surface area contributed by atoms with Crippen LogP contribution in [0.5, 0.6) is 5.75 Å². The number of thioether (sulfide) groups is 1. The van der Waals surface area contributed by atoms with Gasteiger partial charge in [0.25, 0.3) is 0 Å². The number of carbonyl (C=O) groups is 1. The summed E-state index contributed by atoms with van der Waals surface area (Å²) in [5, 5.41) is 6.38. The maximum absolute atomic E-state index is 12.3. The predicted molar refractivity (Wildman–Crippen MR) is 97.9 cm³/mol. The number of carbonyl (C=O) groups excluding carboxylic acids is 1. The molecule has 24 heavy (non-hydrogen) atoms. The van der Waals surface area contributed by atoms with Crippen molar-refractivity contribution in [1.82, 2.24) is 5.32 Å². The lowest BCUT2D eigenvalue weighted by molar-refractivity contribution is -0.116. The van der Waals surface area contributed by atoms with Crippen LogP contribution in [0.2, 0.25) is 0 Å². The second-order valence-electron chi connectivity index (χ2n) is 6.27. The first-order valence-corrected chi connectivity index (χ1v) is 9.91. The Morgan fingerprint density at radius 2 is 2.29 bits per heavy atom. The average molecular weight is 350 g/mol. The number of hydrogen-bond donors (Lipinski definition) is 2. The van der Waals surface area contributed by atoms with E-state index in [2.05, 4.69) is 10.6 Å². The lowest BCUT2D eigenvalue weighted by Crippen LogP contribution is -2.39. The van der Waals surface area contributed by atoms with Crippen molar-refractivity contribution < 1.29 is 14.3 Å². The molecule has 0 bridgehead atoms. The molecule has 1 aromatic carbocycles. The molecule has 2 heterocycles. The third kappa shape index (κ3) is 5.40. The summed E-state index contributed by atoms with van der Waals surface area (Å²) in [6.07, 6.45) is 4.02. The van der Waals surface area contributed by atoms with Crippen molar-refractivity contribution in [1.29, 1.82) is 0 Å². The van der Waals surface area contributed by atoms with Gasteiger partial charge < -0.3 is 20.1 Å². The van der Waals surface area contributed by atoms with Crippen LogP contribution in [0.4, 0.5) is 5.69 Å². The Hall–Kier alpha value is -1.24. The summed E-state index contributed by atoms with van der Waals surface area (Å²) >= 11 is 1.90. The van der Waals surface area contributed by atoms with E-state index in [9.17, 15) is 4.79 Å². The Morgan fingerprint density at radius 1 is 1.38 bits per heavy atom. The highest BCUT2D eigenvalue weighted by Gasteiger charge is 2.18. The van der Waals surface area contributed by atoms with E-state index in [4.69, 9.17) is 9.47 Å². The SMILES string of the molecule is O=C(CC1CSCCN1)Nc1ccccc1OCC1CCCCO1. The molecule has 2 aliphatic rings. The van der Waals surface area contributed by atoms with Crippen LogP contribution in [0.15, 0.2) is 24.3 Å². The van der Waals surface area contributed by atoms with Crippen molar-refractivity contribution in [2.24, 2.45) is 0 Å². The lowest BCUT2D eigenvalue weighted by Gasteiger charge is -2.24. The number of amides is 1. The maximum atomic E-state index is 12.3. The molecule has 0 aromatic heterocycles. The summed E-state index contributed by atoms with van der Waals surface area (Å²) in [4.78, 5) is 12.3. The number of para-hydroxylation sites is 2. The molecule has 0 radical (unpaired) electrons. The summed E-state index contributed by atoms with van der Waals surface area (Å²) in [7, 11) is 0. The van der Waals surface area contributed by atoms with Crippen LogP contribution < -0.4 is 15.4 Å². The zero-order valence-electron chi connectivity index (χ0n) is 14.0. The third-order valence-corrected chi connectivity index (χ3v) is 5.42. The van der Waals surface area contributed by atoms with E-state index in [0.717, 1.165) is 43.2 Å². The van der Waals surface area contributed by atoms with Gasteiger partial charge >= 0.3 is 0 Å². The lowest BCUT2D eigenvalue weighted by atomic mass is 10.1. The van der Waals surface area contributed by atoms with Gasteiger partial charge in [0.1, 0.15) is 12.4 Å². The summed E-state index contributed by atoms with van der Waals surface area (Å²) in [6, 6.07) is 7.87. The molecule has 2 fully saturated rings. The minimum Gasteiger partial charge on any atom is -0.489 e. The van der Waals surface area contributed by atoms with E-state index in [1.165, 1.54) is 6.42 Å². The number of hydrogen-bond acceptors (Lipinski definition) is 5. The zero-order chi connectivity index (χ0) is 16.6. The third-order valence-electron chi connectivity index (χ3n) is 4.29. The van der Waals surface area contributed by atoms with Crippen molar-refractivity contribution in [3.8, 4) is 5.75 Å². The fraction of sp³-hybridized carbons (Fsp3) is 0.611. The van der Waals surface area contributed by atoms with Gasteiger partial charge in [-0.25, -0.2) is 0 Å². The van der Waals surface area contributed by atoms with Gasteiger partial charge in [0, 0.05) is 37.1 Å². The maximum Gasteiger partial charge on any atom is 0.226 e. The van der Waals surface area contributed by atoms with E-state index >= 15 is 0 Å². The number of anilines is 1.